The standard InChI is InChI=1S/C14H15N3O2/c1-17-14(15)12(13(16-17)8-2-3-8)9-4-5-10-11(6-9)19-7-18-10/h4-6,8H,2-3,7,15H2,1H3. The number of rotatable bonds is 2. The van der Waals surface area contributed by atoms with Crippen LogP contribution in [-0.4, -0.2) is 16.6 Å². The molecule has 0 spiro atoms. The van der Waals surface area contributed by atoms with Crippen molar-refractivity contribution in [2.75, 3.05) is 12.5 Å². The number of nitrogens with zero attached hydrogens (tertiary/aromatic N) is 2. The lowest BCUT2D eigenvalue weighted by molar-refractivity contribution is 0.174. The zero-order valence-corrected chi connectivity index (χ0v) is 10.7. The van der Waals surface area contributed by atoms with E-state index in [1.807, 2.05) is 25.2 Å². The molecule has 1 saturated carbocycles. The summed E-state index contributed by atoms with van der Waals surface area (Å²) >= 11 is 0. The van der Waals surface area contributed by atoms with Crippen LogP contribution < -0.4 is 15.2 Å². The first-order chi connectivity index (χ1) is 9.24. The Hall–Kier alpha value is -2.17. The predicted octanol–water partition coefficient (Wildman–Crippen LogP) is 2.28. The number of anilines is 1. The van der Waals surface area contributed by atoms with Crippen molar-refractivity contribution in [2.45, 2.75) is 18.8 Å². The molecule has 1 fully saturated rings. The lowest BCUT2D eigenvalue weighted by Gasteiger charge is -2.05. The normalized spacial score (nSPS) is 16.9. The number of nitrogen functional groups attached to an aromatic ring is 1. The van der Waals surface area contributed by atoms with Crippen molar-refractivity contribution in [3.05, 3.63) is 23.9 Å². The molecule has 2 aliphatic rings. The summed E-state index contributed by atoms with van der Waals surface area (Å²) in [6, 6.07) is 5.94. The molecule has 0 atom stereocenters. The second-order valence-corrected chi connectivity index (χ2v) is 5.11. The average Bonchev–Trinajstić information content (AvgIpc) is 3.07. The molecule has 0 unspecified atom stereocenters. The summed E-state index contributed by atoms with van der Waals surface area (Å²) < 4.78 is 12.5. The van der Waals surface area contributed by atoms with E-state index in [1.165, 1.54) is 12.8 Å². The fourth-order valence-electron chi connectivity index (χ4n) is 2.55. The van der Waals surface area contributed by atoms with Gasteiger partial charge in [-0.3, -0.25) is 4.68 Å². The molecule has 1 aromatic carbocycles. The Balaban J connectivity index is 1.87. The topological polar surface area (TPSA) is 62.3 Å². The van der Waals surface area contributed by atoms with Crippen molar-refractivity contribution < 1.29 is 9.47 Å². The van der Waals surface area contributed by atoms with Crippen LogP contribution in [0.4, 0.5) is 5.82 Å². The van der Waals surface area contributed by atoms with Gasteiger partial charge in [-0.05, 0) is 30.5 Å². The predicted molar refractivity (Wildman–Crippen MR) is 71.2 cm³/mol. The number of aryl methyl sites for hydroxylation is 1. The van der Waals surface area contributed by atoms with Gasteiger partial charge in [0.2, 0.25) is 6.79 Å². The van der Waals surface area contributed by atoms with Crippen molar-refractivity contribution >= 4 is 5.82 Å². The number of fused-ring (bicyclic) bond motifs is 1. The van der Waals surface area contributed by atoms with Crippen LogP contribution in [0.2, 0.25) is 0 Å². The largest absolute Gasteiger partial charge is 0.454 e. The minimum absolute atomic E-state index is 0.288. The number of hydrogen-bond acceptors (Lipinski definition) is 4. The van der Waals surface area contributed by atoms with Crippen molar-refractivity contribution in [1.82, 2.24) is 9.78 Å². The van der Waals surface area contributed by atoms with Crippen molar-refractivity contribution in [3.8, 4) is 22.6 Å². The van der Waals surface area contributed by atoms with Gasteiger partial charge in [-0.2, -0.15) is 5.10 Å². The summed E-state index contributed by atoms with van der Waals surface area (Å²) in [5.41, 5.74) is 9.38. The van der Waals surface area contributed by atoms with Crippen LogP contribution in [0.3, 0.4) is 0 Å². The van der Waals surface area contributed by atoms with Crippen molar-refractivity contribution in [3.63, 3.8) is 0 Å². The van der Waals surface area contributed by atoms with Gasteiger partial charge in [-0.25, -0.2) is 0 Å². The number of benzene rings is 1. The highest BCUT2D eigenvalue weighted by Gasteiger charge is 2.31. The van der Waals surface area contributed by atoms with Gasteiger partial charge in [0.05, 0.1) is 5.69 Å². The lowest BCUT2D eigenvalue weighted by atomic mass is 10.0. The molecule has 2 aromatic rings. The molecule has 4 rings (SSSR count). The Bertz CT molecular complexity index is 659. The van der Waals surface area contributed by atoms with Gasteiger partial charge in [0, 0.05) is 18.5 Å². The highest BCUT2D eigenvalue weighted by Crippen LogP contribution is 2.47. The maximum Gasteiger partial charge on any atom is 0.231 e. The number of ether oxygens (including phenoxy) is 2. The molecule has 0 radical (unpaired) electrons. The Morgan fingerprint density at radius 3 is 2.84 bits per heavy atom. The van der Waals surface area contributed by atoms with Gasteiger partial charge in [-0.15, -0.1) is 0 Å². The molecular weight excluding hydrogens is 242 g/mol. The van der Waals surface area contributed by atoms with Gasteiger partial charge in [0.25, 0.3) is 0 Å². The SMILES string of the molecule is Cn1nc(C2CC2)c(-c2ccc3c(c2)OCO3)c1N. The van der Waals surface area contributed by atoms with E-state index in [4.69, 9.17) is 15.2 Å². The maximum absolute atomic E-state index is 6.17. The van der Waals surface area contributed by atoms with Crippen LogP contribution in [0, 0.1) is 0 Å². The molecule has 19 heavy (non-hydrogen) atoms. The van der Waals surface area contributed by atoms with Crippen LogP contribution in [0.1, 0.15) is 24.5 Å². The summed E-state index contributed by atoms with van der Waals surface area (Å²) in [7, 11) is 1.89. The summed E-state index contributed by atoms with van der Waals surface area (Å²) in [5.74, 6) is 2.84. The number of aromatic nitrogens is 2. The van der Waals surface area contributed by atoms with E-state index < -0.39 is 0 Å². The lowest BCUT2D eigenvalue weighted by Crippen LogP contribution is -1.98. The smallest absolute Gasteiger partial charge is 0.231 e. The Labute approximate surface area is 110 Å². The molecule has 0 bridgehead atoms. The van der Waals surface area contributed by atoms with Crippen molar-refractivity contribution in [1.29, 1.82) is 0 Å². The second-order valence-electron chi connectivity index (χ2n) is 5.11. The van der Waals surface area contributed by atoms with E-state index in [-0.39, 0.29) is 6.79 Å². The van der Waals surface area contributed by atoms with Gasteiger partial charge >= 0.3 is 0 Å². The molecule has 5 heteroatoms. The number of hydrogen-bond donors (Lipinski definition) is 1. The average molecular weight is 257 g/mol. The van der Waals surface area contributed by atoms with Gasteiger partial charge < -0.3 is 15.2 Å². The van der Waals surface area contributed by atoms with Gasteiger partial charge in [0.15, 0.2) is 11.5 Å². The maximum atomic E-state index is 6.17. The molecule has 5 nitrogen and oxygen atoms in total. The molecule has 0 saturated heterocycles. The van der Waals surface area contributed by atoms with Crippen LogP contribution in [0.5, 0.6) is 11.5 Å². The first-order valence-electron chi connectivity index (χ1n) is 6.46. The Morgan fingerprint density at radius 1 is 1.26 bits per heavy atom. The van der Waals surface area contributed by atoms with E-state index >= 15 is 0 Å². The zero-order valence-electron chi connectivity index (χ0n) is 10.7. The monoisotopic (exact) mass is 257 g/mol. The molecule has 98 valence electrons. The molecule has 1 aliphatic heterocycles. The molecule has 2 N–H and O–H groups in total. The minimum atomic E-state index is 0.288. The summed E-state index contributed by atoms with van der Waals surface area (Å²) in [5, 5.41) is 4.56. The third kappa shape index (κ3) is 1.58. The second kappa shape index (κ2) is 3.66. The van der Waals surface area contributed by atoms with Gasteiger partial charge in [0.1, 0.15) is 5.82 Å². The van der Waals surface area contributed by atoms with E-state index in [1.54, 1.807) is 4.68 Å². The highest BCUT2D eigenvalue weighted by atomic mass is 16.7. The van der Waals surface area contributed by atoms with E-state index in [9.17, 15) is 0 Å². The highest BCUT2D eigenvalue weighted by molar-refractivity contribution is 5.79. The van der Waals surface area contributed by atoms with Gasteiger partial charge in [-0.1, -0.05) is 6.07 Å². The van der Waals surface area contributed by atoms with E-state index in [2.05, 4.69) is 5.10 Å². The third-order valence-electron chi connectivity index (χ3n) is 3.74. The summed E-state index contributed by atoms with van der Waals surface area (Å²) in [4.78, 5) is 0. The number of nitrogens with two attached hydrogens (primary N) is 1. The molecule has 0 amide bonds. The quantitative estimate of drug-likeness (QED) is 0.896. The first-order valence-corrected chi connectivity index (χ1v) is 6.46. The summed E-state index contributed by atoms with van der Waals surface area (Å²) in [6.45, 7) is 0.288. The summed E-state index contributed by atoms with van der Waals surface area (Å²) in [6.07, 6.45) is 2.40. The third-order valence-corrected chi connectivity index (χ3v) is 3.74. The fourth-order valence-corrected chi connectivity index (χ4v) is 2.55. The van der Waals surface area contributed by atoms with Crippen molar-refractivity contribution in [2.24, 2.45) is 7.05 Å². The van der Waals surface area contributed by atoms with Crippen LogP contribution in [0.15, 0.2) is 18.2 Å². The molecular formula is C14H15N3O2. The molecule has 2 heterocycles. The Morgan fingerprint density at radius 2 is 2.05 bits per heavy atom. The van der Waals surface area contributed by atoms with Crippen LogP contribution in [-0.2, 0) is 7.05 Å². The zero-order chi connectivity index (χ0) is 13.0. The van der Waals surface area contributed by atoms with Crippen LogP contribution in [0.25, 0.3) is 11.1 Å². The molecule has 1 aliphatic carbocycles. The first kappa shape index (κ1) is 10.7. The minimum Gasteiger partial charge on any atom is -0.454 e. The fraction of sp³-hybridized carbons (Fsp3) is 0.357. The molecule has 1 aromatic heterocycles. The van der Waals surface area contributed by atoms with E-state index in [0.29, 0.717) is 11.7 Å². The van der Waals surface area contributed by atoms with Crippen LogP contribution >= 0.6 is 0 Å². The van der Waals surface area contributed by atoms with E-state index in [0.717, 1.165) is 28.3 Å². The Kier molecular flexibility index (Phi) is 2.07.